The average molecular weight is 371 g/mol. The van der Waals surface area contributed by atoms with Gasteiger partial charge in [-0.2, -0.15) is 0 Å². The van der Waals surface area contributed by atoms with Crippen LogP contribution in [-0.4, -0.2) is 14.3 Å². The fourth-order valence-electron chi connectivity index (χ4n) is 2.70. The highest BCUT2D eigenvalue weighted by Gasteiger charge is 2.23. The van der Waals surface area contributed by atoms with Crippen molar-refractivity contribution in [3.8, 4) is 0 Å². The van der Waals surface area contributed by atoms with Crippen molar-refractivity contribution in [2.75, 3.05) is 0 Å². The molecule has 0 spiro atoms. The highest BCUT2D eigenvalue weighted by molar-refractivity contribution is 7.91. The highest BCUT2D eigenvalue weighted by atomic mass is 32.2. The first-order valence-electron chi connectivity index (χ1n) is 7.47. The zero-order valence-electron chi connectivity index (χ0n) is 12.7. The van der Waals surface area contributed by atoms with Crippen molar-refractivity contribution in [3.05, 3.63) is 38.9 Å². The molecule has 0 fully saturated rings. The number of amides is 1. The van der Waals surface area contributed by atoms with Crippen molar-refractivity contribution in [3.63, 3.8) is 0 Å². The van der Waals surface area contributed by atoms with E-state index in [-0.39, 0.29) is 4.21 Å². The van der Waals surface area contributed by atoms with E-state index in [4.69, 9.17) is 0 Å². The predicted octanol–water partition coefficient (Wildman–Crippen LogP) is 2.95. The van der Waals surface area contributed by atoms with Gasteiger partial charge in [-0.15, -0.1) is 27.5 Å². The standard InChI is InChI=1S/C15H18N2O3S3/c1-2-10-5-6-12-11(8-10)9-13(22-12)15(18)16-17-23(19,20)14-4-3-7-21-14/h3-4,7,9-10,17H,2,5-6,8H2,1H3,(H,16,18)/t10-/m1/s1. The SMILES string of the molecule is CC[C@@H]1CCc2sc(C(=O)NNS(=O)(=O)c3cccs3)cc2C1. The van der Waals surface area contributed by atoms with Gasteiger partial charge in [0.2, 0.25) is 0 Å². The summed E-state index contributed by atoms with van der Waals surface area (Å²) in [5, 5.41) is 1.67. The summed E-state index contributed by atoms with van der Waals surface area (Å²) >= 11 is 2.56. The van der Waals surface area contributed by atoms with Crippen LogP contribution in [0.5, 0.6) is 0 Å². The van der Waals surface area contributed by atoms with Crippen LogP contribution in [0.2, 0.25) is 0 Å². The highest BCUT2D eigenvalue weighted by Crippen LogP contribution is 2.33. The topological polar surface area (TPSA) is 75.3 Å². The summed E-state index contributed by atoms with van der Waals surface area (Å²) in [6.45, 7) is 2.19. The molecule has 1 atom stereocenters. The molecule has 23 heavy (non-hydrogen) atoms. The largest absolute Gasteiger partial charge is 0.276 e. The van der Waals surface area contributed by atoms with E-state index in [2.05, 4.69) is 17.2 Å². The summed E-state index contributed by atoms with van der Waals surface area (Å²) in [4.78, 5) is 16.2. The van der Waals surface area contributed by atoms with E-state index < -0.39 is 15.9 Å². The molecule has 0 unspecified atom stereocenters. The zero-order valence-corrected chi connectivity index (χ0v) is 15.1. The third-order valence-corrected chi connectivity index (χ3v) is 7.93. The number of carbonyl (C=O) groups is 1. The van der Waals surface area contributed by atoms with Crippen LogP contribution in [0, 0.1) is 5.92 Å². The van der Waals surface area contributed by atoms with Crippen LogP contribution in [0.15, 0.2) is 27.8 Å². The average Bonchev–Trinajstić information content (AvgIpc) is 3.21. The van der Waals surface area contributed by atoms with Crippen molar-refractivity contribution >= 4 is 38.6 Å². The van der Waals surface area contributed by atoms with E-state index in [1.807, 2.05) is 6.07 Å². The van der Waals surface area contributed by atoms with Gasteiger partial charge in [-0.3, -0.25) is 10.2 Å². The number of rotatable bonds is 5. The molecule has 0 saturated carbocycles. The number of fused-ring (bicyclic) bond motifs is 1. The molecule has 1 aliphatic rings. The Kier molecular flexibility index (Phi) is 4.86. The van der Waals surface area contributed by atoms with Crippen molar-refractivity contribution in [1.82, 2.24) is 10.3 Å². The van der Waals surface area contributed by atoms with E-state index in [0.717, 1.165) is 37.0 Å². The monoisotopic (exact) mass is 370 g/mol. The maximum Gasteiger partial charge on any atom is 0.276 e. The number of carbonyl (C=O) groups excluding carboxylic acids is 1. The first-order valence-corrected chi connectivity index (χ1v) is 10.6. The van der Waals surface area contributed by atoms with Crippen LogP contribution < -0.4 is 10.3 Å². The quantitative estimate of drug-likeness (QED) is 0.795. The van der Waals surface area contributed by atoms with E-state index in [9.17, 15) is 13.2 Å². The molecule has 0 radical (unpaired) electrons. The lowest BCUT2D eigenvalue weighted by Crippen LogP contribution is -2.40. The summed E-state index contributed by atoms with van der Waals surface area (Å²) < 4.78 is 24.2. The zero-order chi connectivity index (χ0) is 16.4. The molecule has 1 aliphatic carbocycles. The van der Waals surface area contributed by atoms with Gasteiger partial charge >= 0.3 is 0 Å². The van der Waals surface area contributed by atoms with Gasteiger partial charge in [0.15, 0.2) is 0 Å². The minimum Gasteiger partial charge on any atom is -0.273 e. The Balaban J connectivity index is 1.67. The number of hydrogen-bond donors (Lipinski definition) is 2. The Morgan fingerprint density at radius 3 is 2.96 bits per heavy atom. The number of hydrogen-bond acceptors (Lipinski definition) is 5. The van der Waals surface area contributed by atoms with Gasteiger partial charge in [-0.05, 0) is 48.3 Å². The van der Waals surface area contributed by atoms with Gasteiger partial charge in [0.25, 0.3) is 15.9 Å². The van der Waals surface area contributed by atoms with E-state index in [1.54, 1.807) is 11.4 Å². The summed E-state index contributed by atoms with van der Waals surface area (Å²) in [6, 6.07) is 5.04. The summed E-state index contributed by atoms with van der Waals surface area (Å²) in [7, 11) is -3.69. The molecule has 3 rings (SSSR count). The van der Waals surface area contributed by atoms with Gasteiger partial charge in [0, 0.05) is 4.88 Å². The van der Waals surface area contributed by atoms with Crippen LogP contribution >= 0.6 is 22.7 Å². The second kappa shape index (κ2) is 6.72. The molecule has 5 nitrogen and oxygen atoms in total. The second-order valence-corrected chi connectivity index (χ2v) is 9.56. The van der Waals surface area contributed by atoms with Crippen molar-refractivity contribution in [2.24, 2.45) is 5.92 Å². The van der Waals surface area contributed by atoms with Crippen LogP contribution in [0.1, 0.15) is 39.9 Å². The molecular formula is C15H18N2O3S3. The van der Waals surface area contributed by atoms with Gasteiger partial charge in [0.1, 0.15) is 4.21 Å². The summed E-state index contributed by atoms with van der Waals surface area (Å²) in [5.41, 5.74) is 3.54. The number of aryl methyl sites for hydroxylation is 1. The molecule has 2 aromatic rings. The Hall–Kier alpha value is -1.22. The van der Waals surface area contributed by atoms with E-state index in [1.165, 1.54) is 27.8 Å². The normalized spacial score (nSPS) is 17.7. The molecule has 0 saturated heterocycles. The van der Waals surface area contributed by atoms with Crippen LogP contribution in [0.4, 0.5) is 0 Å². The third-order valence-electron chi connectivity index (χ3n) is 4.04. The molecule has 0 aromatic carbocycles. The Bertz CT molecular complexity index is 794. The van der Waals surface area contributed by atoms with Crippen molar-refractivity contribution < 1.29 is 13.2 Å². The molecule has 8 heteroatoms. The number of sulfonamides is 1. The van der Waals surface area contributed by atoms with E-state index >= 15 is 0 Å². The molecule has 2 N–H and O–H groups in total. The number of hydrazine groups is 1. The van der Waals surface area contributed by atoms with Crippen LogP contribution in [0.25, 0.3) is 0 Å². The van der Waals surface area contributed by atoms with Gasteiger partial charge in [0.05, 0.1) is 4.88 Å². The molecule has 2 aromatic heterocycles. The predicted molar refractivity (Wildman–Crippen MR) is 92.2 cm³/mol. The minimum atomic E-state index is -3.69. The lowest BCUT2D eigenvalue weighted by molar-refractivity contribution is 0.0949. The third kappa shape index (κ3) is 3.65. The van der Waals surface area contributed by atoms with Crippen molar-refractivity contribution in [1.29, 1.82) is 0 Å². The maximum absolute atomic E-state index is 12.2. The molecular weight excluding hydrogens is 352 g/mol. The summed E-state index contributed by atoms with van der Waals surface area (Å²) in [5.74, 6) is 0.280. The lowest BCUT2D eigenvalue weighted by atomic mass is 9.87. The first-order chi connectivity index (χ1) is 11.0. The fraction of sp³-hybridized carbons (Fsp3) is 0.400. The van der Waals surface area contributed by atoms with E-state index in [0.29, 0.717) is 10.8 Å². The minimum absolute atomic E-state index is 0.175. The molecule has 1 amide bonds. The molecule has 124 valence electrons. The smallest absolute Gasteiger partial charge is 0.273 e. The summed E-state index contributed by atoms with van der Waals surface area (Å²) in [6.07, 6.45) is 4.33. The second-order valence-electron chi connectivity index (χ2n) is 5.57. The Morgan fingerprint density at radius 2 is 2.26 bits per heavy atom. The van der Waals surface area contributed by atoms with Gasteiger partial charge in [-0.1, -0.05) is 19.4 Å². The molecule has 2 heterocycles. The molecule has 0 bridgehead atoms. The maximum atomic E-state index is 12.2. The molecule has 0 aliphatic heterocycles. The number of nitrogens with one attached hydrogen (secondary N) is 2. The van der Waals surface area contributed by atoms with Crippen LogP contribution in [0.3, 0.4) is 0 Å². The van der Waals surface area contributed by atoms with Gasteiger partial charge < -0.3 is 0 Å². The van der Waals surface area contributed by atoms with Crippen LogP contribution in [-0.2, 0) is 22.9 Å². The van der Waals surface area contributed by atoms with Gasteiger partial charge in [-0.25, -0.2) is 8.42 Å². The van der Waals surface area contributed by atoms with Crippen molar-refractivity contribution in [2.45, 2.75) is 36.8 Å². The fourth-order valence-corrected chi connectivity index (χ4v) is 5.64. The lowest BCUT2D eigenvalue weighted by Gasteiger charge is -2.19. The Morgan fingerprint density at radius 1 is 1.43 bits per heavy atom. The number of thiophene rings is 2. The first kappa shape index (κ1) is 16.6. The Labute approximate surface area is 143 Å².